The summed E-state index contributed by atoms with van der Waals surface area (Å²) < 4.78 is 18.8. The van der Waals surface area contributed by atoms with Gasteiger partial charge in [-0.1, -0.05) is 19.8 Å². The van der Waals surface area contributed by atoms with Gasteiger partial charge in [-0.2, -0.15) is 0 Å². The van der Waals surface area contributed by atoms with E-state index in [1.54, 1.807) is 6.07 Å². The number of hydrogen-bond donors (Lipinski definition) is 1. The van der Waals surface area contributed by atoms with Crippen LogP contribution in [0, 0.1) is 11.7 Å². The molecule has 0 amide bonds. The second-order valence-electron chi connectivity index (χ2n) is 5.53. The van der Waals surface area contributed by atoms with Crippen LogP contribution >= 0.6 is 0 Å². The van der Waals surface area contributed by atoms with Gasteiger partial charge in [-0.25, -0.2) is 4.39 Å². The minimum atomic E-state index is -0.247. The van der Waals surface area contributed by atoms with Crippen LogP contribution in [0.15, 0.2) is 18.2 Å². The van der Waals surface area contributed by atoms with E-state index >= 15 is 0 Å². The van der Waals surface area contributed by atoms with Crippen molar-refractivity contribution in [2.24, 2.45) is 5.92 Å². The Morgan fingerprint density at radius 3 is 2.89 bits per heavy atom. The van der Waals surface area contributed by atoms with Crippen LogP contribution in [0.2, 0.25) is 0 Å². The van der Waals surface area contributed by atoms with Crippen molar-refractivity contribution in [1.82, 2.24) is 0 Å². The maximum absolute atomic E-state index is 13.3. The molecular formula is C16H24FNO. The highest BCUT2D eigenvalue weighted by molar-refractivity contribution is 5.57. The molecule has 1 aliphatic carbocycles. The fraction of sp³-hybridized carbons (Fsp3) is 0.625. The first-order valence-corrected chi connectivity index (χ1v) is 7.38. The number of anilines is 1. The third kappa shape index (κ3) is 4.12. The quantitative estimate of drug-likeness (QED) is 0.803. The van der Waals surface area contributed by atoms with Crippen molar-refractivity contribution in [3.8, 4) is 5.75 Å². The Morgan fingerprint density at radius 2 is 2.11 bits per heavy atom. The van der Waals surface area contributed by atoms with Crippen molar-refractivity contribution in [3.63, 3.8) is 0 Å². The van der Waals surface area contributed by atoms with Crippen LogP contribution in [-0.2, 0) is 0 Å². The molecule has 2 rings (SSSR count). The molecule has 0 aromatic heterocycles. The SMILES string of the molecule is CCOc1cc(F)ccc1NC1CCCC(C)CC1. The molecule has 106 valence electrons. The summed E-state index contributed by atoms with van der Waals surface area (Å²) >= 11 is 0. The first-order valence-electron chi connectivity index (χ1n) is 7.38. The van der Waals surface area contributed by atoms with Gasteiger partial charge < -0.3 is 10.1 Å². The Kier molecular flexibility index (Phi) is 5.06. The van der Waals surface area contributed by atoms with Crippen LogP contribution < -0.4 is 10.1 Å². The third-order valence-corrected chi connectivity index (χ3v) is 3.86. The highest BCUT2D eigenvalue weighted by Gasteiger charge is 2.17. The zero-order chi connectivity index (χ0) is 13.7. The van der Waals surface area contributed by atoms with E-state index in [-0.39, 0.29) is 5.82 Å². The van der Waals surface area contributed by atoms with E-state index in [1.807, 2.05) is 6.92 Å². The monoisotopic (exact) mass is 265 g/mol. The molecular weight excluding hydrogens is 241 g/mol. The average Bonchev–Trinajstić information content (AvgIpc) is 2.58. The van der Waals surface area contributed by atoms with E-state index in [0.717, 1.165) is 11.6 Å². The van der Waals surface area contributed by atoms with Gasteiger partial charge in [-0.15, -0.1) is 0 Å². The molecule has 3 heteroatoms. The van der Waals surface area contributed by atoms with Crippen LogP contribution in [0.4, 0.5) is 10.1 Å². The van der Waals surface area contributed by atoms with Crippen LogP contribution in [0.1, 0.15) is 46.0 Å². The van der Waals surface area contributed by atoms with Crippen LogP contribution in [0.5, 0.6) is 5.75 Å². The maximum atomic E-state index is 13.3. The summed E-state index contributed by atoms with van der Waals surface area (Å²) in [6.45, 7) is 4.80. The molecule has 1 fully saturated rings. The van der Waals surface area contributed by atoms with Gasteiger partial charge in [0.15, 0.2) is 0 Å². The lowest BCUT2D eigenvalue weighted by Gasteiger charge is -2.20. The lowest BCUT2D eigenvalue weighted by Crippen LogP contribution is -2.19. The van der Waals surface area contributed by atoms with Gasteiger partial charge in [0.05, 0.1) is 12.3 Å². The number of halogens is 1. The Labute approximate surface area is 115 Å². The van der Waals surface area contributed by atoms with E-state index in [4.69, 9.17) is 4.74 Å². The van der Waals surface area contributed by atoms with Crippen LogP contribution in [0.3, 0.4) is 0 Å². The van der Waals surface area contributed by atoms with Gasteiger partial charge in [0.25, 0.3) is 0 Å². The molecule has 2 nitrogen and oxygen atoms in total. The second kappa shape index (κ2) is 6.78. The largest absolute Gasteiger partial charge is 0.492 e. The highest BCUT2D eigenvalue weighted by atomic mass is 19.1. The number of benzene rings is 1. The smallest absolute Gasteiger partial charge is 0.145 e. The Hall–Kier alpha value is -1.25. The molecule has 1 aromatic carbocycles. The normalized spacial score (nSPS) is 23.7. The highest BCUT2D eigenvalue weighted by Crippen LogP contribution is 2.30. The Balaban J connectivity index is 2.05. The first-order chi connectivity index (χ1) is 9.19. The molecule has 1 aromatic rings. The summed E-state index contributed by atoms with van der Waals surface area (Å²) in [6, 6.07) is 5.22. The van der Waals surface area contributed by atoms with E-state index in [0.29, 0.717) is 18.4 Å². The van der Waals surface area contributed by atoms with Gasteiger partial charge in [-0.05, 0) is 44.2 Å². The molecule has 0 saturated heterocycles. The minimum Gasteiger partial charge on any atom is -0.492 e. The zero-order valence-electron chi connectivity index (χ0n) is 11.9. The minimum absolute atomic E-state index is 0.247. The second-order valence-corrected chi connectivity index (χ2v) is 5.53. The molecule has 1 N–H and O–H groups in total. The zero-order valence-corrected chi connectivity index (χ0v) is 11.9. The molecule has 1 aliphatic rings. The number of rotatable bonds is 4. The molecule has 2 unspecified atom stereocenters. The van der Waals surface area contributed by atoms with Crippen molar-refractivity contribution < 1.29 is 9.13 Å². The van der Waals surface area contributed by atoms with Crippen molar-refractivity contribution in [1.29, 1.82) is 0 Å². The Morgan fingerprint density at radius 1 is 1.26 bits per heavy atom. The standard InChI is InChI=1S/C16H24FNO/c1-3-19-16-11-13(17)8-10-15(16)18-14-6-4-5-12(2)7-9-14/h8,10-12,14,18H,3-7,9H2,1-2H3. The number of hydrogen-bond acceptors (Lipinski definition) is 2. The first kappa shape index (κ1) is 14.2. The van der Waals surface area contributed by atoms with E-state index in [2.05, 4.69) is 12.2 Å². The van der Waals surface area contributed by atoms with Crippen LogP contribution in [0.25, 0.3) is 0 Å². The van der Waals surface area contributed by atoms with Crippen LogP contribution in [-0.4, -0.2) is 12.6 Å². The molecule has 1 saturated carbocycles. The maximum Gasteiger partial charge on any atom is 0.145 e. The van der Waals surface area contributed by atoms with Crippen molar-refractivity contribution >= 4 is 5.69 Å². The predicted molar refractivity (Wildman–Crippen MR) is 77.2 cm³/mol. The lowest BCUT2D eigenvalue weighted by atomic mass is 10.0. The third-order valence-electron chi connectivity index (χ3n) is 3.86. The summed E-state index contributed by atoms with van der Waals surface area (Å²) in [5.74, 6) is 1.20. The van der Waals surface area contributed by atoms with Gasteiger partial charge in [0, 0.05) is 12.1 Å². The number of nitrogens with one attached hydrogen (secondary N) is 1. The molecule has 2 atom stereocenters. The molecule has 0 heterocycles. The molecule has 0 bridgehead atoms. The van der Waals surface area contributed by atoms with Gasteiger partial charge >= 0.3 is 0 Å². The topological polar surface area (TPSA) is 21.3 Å². The van der Waals surface area contributed by atoms with Gasteiger partial charge in [-0.3, -0.25) is 0 Å². The summed E-state index contributed by atoms with van der Waals surface area (Å²) in [5.41, 5.74) is 0.919. The fourth-order valence-electron chi connectivity index (χ4n) is 2.74. The predicted octanol–water partition coefficient (Wildman–Crippen LogP) is 4.61. The summed E-state index contributed by atoms with van der Waals surface area (Å²) in [7, 11) is 0. The Bertz CT molecular complexity index is 408. The molecule has 0 spiro atoms. The average molecular weight is 265 g/mol. The summed E-state index contributed by atoms with van der Waals surface area (Å²) in [5, 5.41) is 3.53. The van der Waals surface area contributed by atoms with Crippen molar-refractivity contribution in [2.45, 2.75) is 52.0 Å². The summed E-state index contributed by atoms with van der Waals surface area (Å²) in [6.07, 6.45) is 6.23. The molecule has 19 heavy (non-hydrogen) atoms. The fourth-order valence-corrected chi connectivity index (χ4v) is 2.74. The summed E-state index contributed by atoms with van der Waals surface area (Å²) in [4.78, 5) is 0. The van der Waals surface area contributed by atoms with Crippen molar-refractivity contribution in [3.05, 3.63) is 24.0 Å². The molecule has 0 aliphatic heterocycles. The van der Waals surface area contributed by atoms with Gasteiger partial charge in [0.1, 0.15) is 11.6 Å². The number of ether oxygens (including phenoxy) is 1. The van der Waals surface area contributed by atoms with E-state index in [9.17, 15) is 4.39 Å². The van der Waals surface area contributed by atoms with Gasteiger partial charge in [0.2, 0.25) is 0 Å². The lowest BCUT2D eigenvalue weighted by molar-refractivity contribution is 0.339. The van der Waals surface area contributed by atoms with E-state index in [1.165, 1.54) is 44.2 Å². The van der Waals surface area contributed by atoms with Crippen molar-refractivity contribution in [2.75, 3.05) is 11.9 Å². The van der Waals surface area contributed by atoms with E-state index < -0.39 is 0 Å². The molecule has 0 radical (unpaired) electrons.